The van der Waals surface area contributed by atoms with Gasteiger partial charge < -0.3 is 16.0 Å². The summed E-state index contributed by atoms with van der Waals surface area (Å²) in [4.78, 5) is 33.7. The topological polar surface area (TPSA) is 113 Å². The monoisotopic (exact) mass is 360 g/mol. The highest BCUT2D eigenvalue weighted by Crippen LogP contribution is 2.16. The number of rotatable bonds is 6. The third kappa shape index (κ3) is 5.26. The zero-order chi connectivity index (χ0) is 19.1. The summed E-state index contributed by atoms with van der Waals surface area (Å²) in [5.41, 5.74) is 0.770. The van der Waals surface area contributed by atoms with Gasteiger partial charge in [0, 0.05) is 36.5 Å². The van der Waals surface area contributed by atoms with Gasteiger partial charge in [-0.25, -0.2) is 9.18 Å². The molecule has 26 heavy (non-hydrogen) atoms. The molecular formula is C17H17FN4O4. The average molecular weight is 360 g/mol. The van der Waals surface area contributed by atoms with Crippen LogP contribution in [0.3, 0.4) is 0 Å². The molecule has 0 saturated heterocycles. The predicted molar refractivity (Wildman–Crippen MR) is 93.6 cm³/mol. The maximum Gasteiger partial charge on any atom is 0.319 e. The summed E-state index contributed by atoms with van der Waals surface area (Å²) in [5.74, 6) is -0.920. The van der Waals surface area contributed by atoms with Crippen LogP contribution in [0.5, 0.6) is 0 Å². The van der Waals surface area contributed by atoms with Crippen LogP contribution >= 0.6 is 0 Å². The van der Waals surface area contributed by atoms with Gasteiger partial charge in [-0.1, -0.05) is 12.1 Å². The van der Waals surface area contributed by atoms with E-state index in [1.54, 1.807) is 6.92 Å². The van der Waals surface area contributed by atoms with Crippen LogP contribution in [0.15, 0.2) is 42.5 Å². The highest BCUT2D eigenvalue weighted by molar-refractivity contribution is 5.94. The van der Waals surface area contributed by atoms with Crippen molar-refractivity contribution < 1.29 is 18.9 Å². The summed E-state index contributed by atoms with van der Waals surface area (Å²) < 4.78 is 13.4. The molecule has 3 amide bonds. The number of hydrogen-bond acceptors (Lipinski definition) is 4. The number of anilines is 1. The van der Waals surface area contributed by atoms with E-state index in [0.29, 0.717) is 5.56 Å². The predicted octanol–water partition coefficient (Wildman–Crippen LogP) is 2.59. The lowest BCUT2D eigenvalue weighted by molar-refractivity contribution is -0.384. The number of amides is 3. The Balaban J connectivity index is 1.76. The van der Waals surface area contributed by atoms with Crippen LogP contribution in [0.25, 0.3) is 0 Å². The fourth-order valence-corrected chi connectivity index (χ4v) is 2.06. The van der Waals surface area contributed by atoms with Crippen LogP contribution in [0, 0.1) is 22.9 Å². The average Bonchev–Trinajstić information content (AvgIpc) is 2.61. The maximum atomic E-state index is 13.4. The van der Waals surface area contributed by atoms with Crippen molar-refractivity contribution in [3.05, 3.63) is 69.5 Å². The molecule has 2 aromatic rings. The summed E-state index contributed by atoms with van der Waals surface area (Å²) >= 11 is 0. The van der Waals surface area contributed by atoms with Crippen molar-refractivity contribution >= 4 is 23.3 Å². The summed E-state index contributed by atoms with van der Waals surface area (Å²) in [6.45, 7) is 1.86. The number of aryl methyl sites for hydroxylation is 1. The van der Waals surface area contributed by atoms with Crippen LogP contribution in [-0.4, -0.2) is 30.0 Å². The quantitative estimate of drug-likeness (QED) is 0.417. The minimum Gasteiger partial charge on any atom is -0.350 e. The van der Waals surface area contributed by atoms with Crippen LogP contribution in [0.4, 0.5) is 20.6 Å². The van der Waals surface area contributed by atoms with E-state index in [1.165, 1.54) is 36.4 Å². The fraction of sp³-hybridized carbons (Fsp3) is 0.176. The second kappa shape index (κ2) is 8.56. The summed E-state index contributed by atoms with van der Waals surface area (Å²) in [6, 6.07) is 9.11. The van der Waals surface area contributed by atoms with Gasteiger partial charge in [0.15, 0.2) is 0 Å². The number of carbonyl (C=O) groups is 2. The van der Waals surface area contributed by atoms with Crippen molar-refractivity contribution in [3.8, 4) is 0 Å². The molecular weight excluding hydrogens is 343 g/mol. The van der Waals surface area contributed by atoms with E-state index < -0.39 is 22.7 Å². The lowest BCUT2D eigenvalue weighted by atomic mass is 10.1. The molecule has 9 heteroatoms. The Hall–Kier alpha value is -3.49. The number of urea groups is 1. The zero-order valence-corrected chi connectivity index (χ0v) is 13.9. The number of hydrogen-bond donors (Lipinski definition) is 3. The van der Waals surface area contributed by atoms with Crippen LogP contribution in [-0.2, 0) is 0 Å². The molecule has 2 aromatic carbocycles. The van der Waals surface area contributed by atoms with Gasteiger partial charge in [0.2, 0.25) is 0 Å². The molecule has 0 aliphatic rings. The van der Waals surface area contributed by atoms with Crippen LogP contribution < -0.4 is 16.0 Å². The van der Waals surface area contributed by atoms with Crippen molar-refractivity contribution in [2.24, 2.45) is 0 Å². The zero-order valence-electron chi connectivity index (χ0n) is 13.9. The second-order valence-electron chi connectivity index (χ2n) is 5.41. The van der Waals surface area contributed by atoms with Gasteiger partial charge in [-0.05, 0) is 30.7 Å². The fourth-order valence-electron chi connectivity index (χ4n) is 2.06. The minimum atomic E-state index is -0.568. The first-order valence-electron chi connectivity index (χ1n) is 7.70. The van der Waals surface area contributed by atoms with Crippen LogP contribution in [0.1, 0.15) is 15.9 Å². The van der Waals surface area contributed by atoms with E-state index >= 15 is 0 Å². The SMILES string of the molecule is Cc1ccc(C(=O)NCCNC(=O)Nc2cccc([N+](=O)[O-])c2)cc1F. The number of carbonyl (C=O) groups excluding carboxylic acids is 2. The van der Waals surface area contributed by atoms with Gasteiger partial charge in [0.1, 0.15) is 5.82 Å². The smallest absolute Gasteiger partial charge is 0.319 e. The summed E-state index contributed by atoms with van der Waals surface area (Å²) in [5, 5.41) is 18.2. The maximum absolute atomic E-state index is 13.4. The van der Waals surface area contributed by atoms with E-state index in [0.717, 1.165) is 6.07 Å². The molecule has 0 aromatic heterocycles. The molecule has 0 aliphatic carbocycles. The molecule has 3 N–H and O–H groups in total. The Bertz CT molecular complexity index is 841. The normalized spacial score (nSPS) is 10.1. The van der Waals surface area contributed by atoms with Gasteiger partial charge in [-0.3, -0.25) is 14.9 Å². The molecule has 0 saturated carbocycles. The molecule has 0 spiro atoms. The Morgan fingerprint density at radius 2 is 1.85 bits per heavy atom. The lowest BCUT2D eigenvalue weighted by Gasteiger charge is -2.09. The van der Waals surface area contributed by atoms with Crippen molar-refractivity contribution in [2.45, 2.75) is 6.92 Å². The highest BCUT2D eigenvalue weighted by atomic mass is 19.1. The third-order valence-corrected chi connectivity index (χ3v) is 3.44. The lowest BCUT2D eigenvalue weighted by Crippen LogP contribution is -2.36. The Kier molecular flexibility index (Phi) is 6.20. The van der Waals surface area contributed by atoms with E-state index in [9.17, 15) is 24.1 Å². The molecule has 0 atom stereocenters. The largest absolute Gasteiger partial charge is 0.350 e. The number of nitro groups is 1. The Labute approximate surface area is 148 Å². The molecule has 0 heterocycles. The number of nitrogens with one attached hydrogen (secondary N) is 3. The van der Waals surface area contributed by atoms with E-state index in [4.69, 9.17) is 0 Å². The van der Waals surface area contributed by atoms with Crippen molar-refractivity contribution in [1.82, 2.24) is 10.6 Å². The van der Waals surface area contributed by atoms with Crippen molar-refractivity contribution in [3.63, 3.8) is 0 Å². The summed E-state index contributed by atoms with van der Waals surface area (Å²) in [7, 11) is 0. The van der Waals surface area contributed by atoms with Crippen LogP contribution in [0.2, 0.25) is 0 Å². The number of nitro benzene ring substituents is 1. The Morgan fingerprint density at radius 3 is 2.54 bits per heavy atom. The molecule has 0 unspecified atom stereocenters. The standard InChI is InChI=1S/C17H17FN4O4/c1-11-5-6-12(9-15(11)18)16(23)19-7-8-20-17(24)21-13-3-2-4-14(10-13)22(25)26/h2-6,9-10H,7-8H2,1H3,(H,19,23)(H2,20,21,24). The highest BCUT2D eigenvalue weighted by Gasteiger charge is 2.09. The molecule has 136 valence electrons. The molecule has 0 aliphatic heterocycles. The van der Waals surface area contributed by atoms with Gasteiger partial charge in [0.05, 0.1) is 4.92 Å². The number of benzene rings is 2. The van der Waals surface area contributed by atoms with E-state index in [-0.39, 0.29) is 30.0 Å². The molecule has 2 rings (SSSR count). The van der Waals surface area contributed by atoms with Gasteiger partial charge in [0.25, 0.3) is 11.6 Å². The van der Waals surface area contributed by atoms with Crippen molar-refractivity contribution in [2.75, 3.05) is 18.4 Å². The van der Waals surface area contributed by atoms with Gasteiger partial charge in [-0.15, -0.1) is 0 Å². The first-order chi connectivity index (χ1) is 12.4. The van der Waals surface area contributed by atoms with Gasteiger partial charge in [-0.2, -0.15) is 0 Å². The van der Waals surface area contributed by atoms with Gasteiger partial charge >= 0.3 is 6.03 Å². The Morgan fingerprint density at radius 1 is 1.12 bits per heavy atom. The number of halogens is 1. The van der Waals surface area contributed by atoms with Crippen molar-refractivity contribution in [1.29, 1.82) is 0 Å². The first-order valence-corrected chi connectivity index (χ1v) is 7.70. The minimum absolute atomic E-state index is 0.126. The molecule has 0 bridgehead atoms. The molecule has 8 nitrogen and oxygen atoms in total. The van der Waals surface area contributed by atoms with E-state index in [1.807, 2.05) is 0 Å². The molecule has 0 radical (unpaired) electrons. The first kappa shape index (κ1) is 18.8. The summed E-state index contributed by atoms with van der Waals surface area (Å²) in [6.07, 6.45) is 0. The second-order valence-corrected chi connectivity index (χ2v) is 5.41. The number of non-ortho nitro benzene ring substituents is 1. The van der Waals surface area contributed by atoms with E-state index in [2.05, 4.69) is 16.0 Å². The number of nitrogens with zero attached hydrogens (tertiary/aromatic N) is 1. The third-order valence-electron chi connectivity index (χ3n) is 3.44. The molecule has 0 fully saturated rings.